The molecule has 0 bridgehead atoms. The van der Waals surface area contributed by atoms with Gasteiger partial charge in [0.05, 0.1) is 4.34 Å². The smallest absolute Gasteiger partial charge is 0.252 e. The second-order valence-corrected chi connectivity index (χ2v) is 10.9. The Morgan fingerprint density at radius 1 is 1.04 bits per heavy atom. The van der Waals surface area contributed by atoms with Gasteiger partial charge in [0.15, 0.2) is 0 Å². The third-order valence-corrected chi connectivity index (χ3v) is 8.90. The number of rotatable bonds is 5. The van der Waals surface area contributed by atoms with Crippen molar-refractivity contribution in [1.29, 1.82) is 0 Å². The Kier molecular flexibility index (Phi) is 5.76. The summed E-state index contributed by atoms with van der Waals surface area (Å²) in [4.78, 5) is 16.7. The molecule has 2 aromatic rings. The van der Waals surface area contributed by atoms with E-state index >= 15 is 0 Å². The predicted molar refractivity (Wildman–Crippen MR) is 112 cm³/mol. The monoisotopic (exact) mass is 439 g/mol. The fourth-order valence-electron chi connectivity index (χ4n) is 3.74. The molecule has 0 saturated carbocycles. The van der Waals surface area contributed by atoms with E-state index in [1.807, 2.05) is 23.1 Å². The molecule has 2 aliphatic rings. The minimum atomic E-state index is -3.48. The van der Waals surface area contributed by atoms with Gasteiger partial charge in [-0.05, 0) is 30.2 Å². The number of piperazine rings is 1. The Morgan fingerprint density at radius 2 is 1.79 bits per heavy atom. The van der Waals surface area contributed by atoms with Crippen LogP contribution in [0.15, 0.2) is 40.6 Å². The summed E-state index contributed by atoms with van der Waals surface area (Å²) in [6.07, 6.45) is 1.35. The van der Waals surface area contributed by atoms with Gasteiger partial charge in [0.2, 0.25) is 5.91 Å². The van der Waals surface area contributed by atoms with Crippen molar-refractivity contribution >= 4 is 44.6 Å². The van der Waals surface area contributed by atoms with Gasteiger partial charge in [-0.2, -0.15) is 4.31 Å². The number of hydrogen-bond acceptors (Lipinski definition) is 5. The first-order valence-corrected chi connectivity index (χ1v) is 11.9. The lowest BCUT2D eigenvalue weighted by molar-refractivity contribution is -0.118. The maximum absolute atomic E-state index is 12.7. The van der Waals surface area contributed by atoms with Gasteiger partial charge in [0.25, 0.3) is 10.0 Å². The van der Waals surface area contributed by atoms with Gasteiger partial charge in [0, 0.05) is 51.4 Å². The molecule has 1 saturated heterocycles. The predicted octanol–water partition coefficient (Wildman–Crippen LogP) is 2.69. The normalized spacial score (nSPS) is 18.4. The number of halogens is 1. The van der Waals surface area contributed by atoms with Crippen LogP contribution in [0.5, 0.6) is 0 Å². The highest BCUT2D eigenvalue weighted by Gasteiger charge is 2.30. The summed E-state index contributed by atoms with van der Waals surface area (Å²) in [5.74, 6) is 0.133. The van der Waals surface area contributed by atoms with E-state index in [9.17, 15) is 13.2 Å². The van der Waals surface area contributed by atoms with E-state index in [2.05, 4.69) is 11.0 Å². The molecule has 2 aliphatic heterocycles. The molecule has 9 heteroatoms. The molecule has 0 N–H and O–H groups in total. The molecule has 0 aliphatic carbocycles. The Bertz CT molecular complexity index is 968. The van der Waals surface area contributed by atoms with E-state index in [4.69, 9.17) is 11.6 Å². The summed E-state index contributed by atoms with van der Waals surface area (Å²) in [7, 11) is -3.48. The van der Waals surface area contributed by atoms with Gasteiger partial charge >= 0.3 is 0 Å². The van der Waals surface area contributed by atoms with Crippen molar-refractivity contribution in [1.82, 2.24) is 9.21 Å². The summed E-state index contributed by atoms with van der Waals surface area (Å²) in [6.45, 7) is 3.51. The summed E-state index contributed by atoms with van der Waals surface area (Å²) in [5.41, 5.74) is 2.25. The highest BCUT2D eigenvalue weighted by atomic mass is 35.5. The maximum Gasteiger partial charge on any atom is 0.252 e. The molecule has 0 radical (unpaired) electrons. The first kappa shape index (κ1) is 19.8. The zero-order chi connectivity index (χ0) is 19.7. The second kappa shape index (κ2) is 8.12. The lowest BCUT2D eigenvalue weighted by Gasteiger charge is -2.33. The number of nitrogens with zero attached hydrogens (tertiary/aromatic N) is 3. The van der Waals surface area contributed by atoms with Crippen molar-refractivity contribution in [3.63, 3.8) is 0 Å². The van der Waals surface area contributed by atoms with Gasteiger partial charge < -0.3 is 9.80 Å². The maximum atomic E-state index is 12.7. The zero-order valence-electron chi connectivity index (χ0n) is 15.4. The van der Waals surface area contributed by atoms with Crippen LogP contribution < -0.4 is 4.90 Å². The molecule has 1 aromatic carbocycles. The lowest BCUT2D eigenvalue weighted by atomic mass is 10.2. The third-order valence-electron chi connectivity index (χ3n) is 5.30. The first-order valence-electron chi connectivity index (χ1n) is 9.31. The van der Waals surface area contributed by atoms with E-state index in [0.717, 1.165) is 30.0 Å². The van der Waals surface area contributed by atoms with E-state index in [1.54, 1.807) is 12.1 Å². The fourth-order valence-corrected chi connectivity index (χ4v) is 6.80. The Balaban J connectivity index is 1.29. The molecule has 0 spiro atoms. The van der Waals surface area contributed by atoms with E-state index in [1.165, 1.54) is 9.87 Å². The molecule has 4 rings (SSSR count). The molecule has 0 unspecified atom stereocenters. The van der Waals surface area contributed by atoms with Crippen LogP contribution in [-0.2, 0) is 21.2 Å². The minimum Gasteiger partial charge on any atom is -0.312 e. The average Bonchev–Trinajstić information content (AvgIpc) is 3.33. The number of para-hydroxylation sites is 1. The van der Waals surface area contributed by atoms with E-state index in [-0.39, 0.29) is 10.1 Å². The van der Waals surface area contributed by atoms with Crippen LogP contribution in [0.2, 0.25) is 4.34 Å². The Hall–Kier alpha value is -1.45. The number of hydrogen-bond donors (Lipinski definition) is 0. The molecule has 150 valence electrons. The number of carbonyl (C=O) groups is 1. The molecule has 28 heavy (non-hydrogen) atoms. The number of sulfonamides is 1. The minimum absolute atomic E-state index is 0.133. The summed E-state index contributed by atoms with van der Waals surface area (Å²) < 4.78 is 27.6. The highest BCUT2D eigenvalue weighted by Crippen LogP contribution is 2.29. The number of fused-ring (bicyclic) bond motifs is 1. The number of benzene rings is 1. The first-order chi connectivity index (χ1) is 13.4. The average molecular weight is 440 g/mol. The van der Waals surface area contributed by atoms with E-state index in [0.29, 0.717) is 43.5 Å². The molecule has 1 fully saturated rings. The quantitative estimate of drug-likeness (QED) is 0.718. The van der Waals surface area contributed by atoms with Crippen LogP contribution in [0.3, 0.4) is 0 Å². The SMILES string of the molecule is O=C(CCN1CCN(S(=O)(=O)c2ccc(Cl)s2)CC1)N1CCc2ccccc21. The van der Waals surface area contributed by atoms with Gasteiger partial charge in [-0.3, -0.25) is 4.79 Å². The van der Waals surface area contributed by atoms with Crippen LogP contribution in [0.4, 0.5) is 5.69 Å². The zero-order valence-corrected chi connectivity index (χ0v) is 17.8. The topological polar surface area (TPSA) is 60.9 Å². The third kappa shape index (κ3) is 3.97. The van der Waals surface area contributed by atoms with Crippen molar-refractivity contribution in [3.8, 4) is 0 Å². The van der Waals surface area contributed by atoms with Gasteiger partial charge in [0.1, 0.15) is 4.21 Å². The largest absolute Gasteiger partial charge is 0.312 e. The van der Waals surface area contributed by atoms with Crippen molar-refractivity contribution in [2.24, 2.45) is 0 Å². The number of thiophene rings is 1. The van der Waals surface area contributed by atoms with Crippen molar-refractivity contribution in [2.45, 2.75) is 17.1 Å². The molecule has 6 nitrogen and oxygen atoms in total. The van der Waals surface area contributed by atoms with Gasteiger partial charge in [-0.1, -0.05) is 29.8 Å². The van der Waals surface area contributed by atoms with Gasteiger partial charge in [-0.15, -0.1) is 11.3 Å². The van der Waals surface area contributed by atoms with Crippen LogP contribution in [0, 0.1) is 0 Å². The fraction of sp³-hybridized carbons (Fsp3) is 0.421. The van der Waals surface area contributed by atoms with Crippen LogP contribution in [0.1, 0.15) is 12.0 Å². The summed E-state index contributed by atoms with van der Waals surface area (Å²) in [5, 5.41) is 0. The van der Waals surface area contributed by atoms with Gasteiger partial charge in [-0.25, -0.2) is 8.42 Å². The number of carbonyl (C=O) groups excluding carboxylic acids is 1. The molecular formula is C19H22ClN3O3S2. The van der Waals surface area contributed by atoms with Crippen molar-refractivity contribution in [2.75, 3.05) is 44.2 Å². The molecule has 1 aromatic heterocycles. The molecule has 0 atom stereocenters. The molecule has 3 heterocycles. The van der Waals surface area contributed by atoms with Crippen molar-refractivity contribution in [3.05, 3.63) is 46.3 Å². The summed E-state index contributed by atoms with van der Waals surface area (Å²) >= 11 is 6.96. The Labute approximate surface area is 174 Å². The number of anilines is 1. The summed E-state index contributed by atoms with van der Waals surface area (Å²) in [6, 6.07) is 11.2. The lowest BCUT2D eigenvalue weighted by Crippen LogP contribution is -2.49. The van der Waals surface area contributed by atoms with Crippen molar-refractivity contribution < 1.29 is 13.2 Å². The Morgan fingerprint density at radius 3 is 2.50 bits per heavy atom. The van der Waals surface area contributed by atoms with Crippen LogP contribution in [0.25, 0.3) is 0 Å². The van der Waals surface area contributed by atoms with E-state index < -0.39 is 10.0 Å². The van der Waals surface area contributed by atoms with Crippen LogP contribution >= 0.6 is 22.9 Å². The molecule has 1 amide bonds. The van der Waals surface area contributed by atoms with Crippen LogP contribution in [-0.4, -0.2) is 62.8 Å². The standard InChI is InChI=1S/C19H22ClN3O3S2/c20-17-5-6-19(27-17)28(25,26)22-13-11-21(12-14-22)9-8-18(24)23-10-7-15-3-1-2-4-16(15)23/h1-6H,7-14H2. The highest BCUT2D eigenvalue weighted by molar-refractivity contribution is 7.91. The molecular weight excluding hydrogens is 418 g/mol. The number of amides is 1. The second-order valence-electron chi connectivity index (χ2n) is 6.98.